The van der Waals surface area contributed by atoms with Crippen molar-refractivity contribution in [1.29, 1.82) is 0 Å². The van der Waals surface area contributed by atoms with Gasteiger partial charge in [-0.15, -0.1) is 0 Å². The van der Waals surface area contributed by atoms with Crippen molar-refractivity contribution in [2.75, 3.05) is 26.2 Å². The molecule has 0 aromatic carbocycles. The van der Waals surface area contributed by atoms with Gasteiger partial charge in [0.1, 0.15) is 0 Å². The van der Waals surface area contributed by atoms with Crippen LogP contribution in [0.15, 0.2) is 0 Å². The van der Waals surface area contributed by atoms with E-state index in [1.165, 1.54) is 12.8 Å². The SMILES string of the molecule is CC1(C)CCCN(CC(C)(O)CN)C1. The maximum absolute atomic E-state index is 9.88. The number of aliphatic hydroxyl groups is 1. The van der Waals surface area contributed by atoms with Gasteiger partial charge in [-0.2, -0.15) is 0 Å². The summed E-state index contributed by atoms with van der Waals surface area (Å²) < 4.78 is 0. The third kappa shape index (κ3) is 3.56. The van der Waals surface area contributed by atoms with E-state index < -0.39 is 5.60 Å². The van der Waals surface area contributed by atoms with Gasteiger partial charge in [0.25, 0.3) is 0 Å². The van der Waals surface area contributed by atoms with E-state index in [-0.39, 0.29) is 0 Å². The van der Waals surface area contributed by atoms with Gasteiger partial charge < -0.3 is 10.8 Å². The minimum absolute atomic E-state index is 0.337. The molecule has 1 unspecified atom stereocenters. The van der Waals surface area contributed by atoms with Crippen LogP contribution in [-0.2, 0) is 0 Å². The first-order valence-electron chi connectivity index (χ1n) is 5.49. The van der Waals surface area contributed by atoms with Gasteiger partial charge in [-0.3, -0.25) is 4.90 Å². The Morgan fingerprint density at radius 3 is 2.64 bits per heavy atom. The highest BCUT2D eigenvalue weighted by Gasteiger charge is 2.30. The summed E-state index contributed by atoms with van der Waals surface area (Å²) in [4.78, 5) is 2.33. The lowest BCUT2D eigenvalue weighted by Gasteiger charge is -2.40. The molecule has 1 aliphatic heterocycles. The summed E-state index contributed by atoms with van der Waals surface area (Å²) in [6.45, 7) is 9.60. The van der Waals surface area contributed by atoms with Crippen molar-refractivity contribution in [2.45, 2.75) is 39.2 Å². The molecular formula is C11H24N2O. The Morgan fingerprint density at radius 2 is 2.14 bits per heavy atom. The maximum atomic E-state index is 9.88. The van der Waals surface area contributed by atoms with Crippen LogP contribution in [0.5, 0.6) is 0 Å². The predicted octanol–water partition coefficient (Wildman–Crippen LogP) is 0.818. The molecule has 1 aliphatic rings. The normalized spacial score (nSPS) is 27.2. The Balaban J connectivity index is 2.46. The highest BCUT2D eigenvalue weighted by molar-refractivity contribution is 4.85. The third-order valence-electron chi connectivity index (χ3n) is 2.98. The molecule has 0 aliphatic carbocycles. The molecule has 0 amide bonds. The zero-order valence-electron chi connectivity index (χ0n) is 9.71. The second kappa shape index (κ2) is 4.17. The molecule has 1 heterocycles. The van der Waals surface area contributed by atoms with E-state index in [9.17, 15) is 5.11 Å². The average molecular weight is 200 g/mol. The van der Waals surface area contributed by atoms with Gasteiger partial charge in [-0.25, -0.2) is 0 Å². The van der Waals surface area contributed by atoms with Crippen molar-refractivity contribution < 1.29 is 5.11 Å². The van der Waals surface area contributed by atoms with Gasteiger partial charge in [0, 0.05) is 19.6 Å². The van der Waals surface area contributed by atoms with Crippen molar-refractivity contribution in [1.82, 2.24) is 4.90 Å². The molecule has 0 aromatic heterocycles. The summed E-state index contributed by atoms with van der Waals surface area (Å²) >= 11 is 0. The lowest BCUT2D eigenvalue weighted by molar-refractivity contribution is 0.00257. The van der Waals surface area contributed by atoms with Crippen LogP contribution >= 0.6 is 0 Å². The summed E-state index contributed by atoms with van der Waals surface area (Å²) in [6.07, 6.45) is 2.52. The Labute approximate surface area is 87.3 Å². The monoisotopic (exact) mass is 200 g/mol. The van der Waals surface area contributed by atoms with Crippen LogP contribution in [-0.4, -0.2) is 41.8 Å². The Kier molecular flexibility index (Phi) is 3.56. The predicted molar refractivity (Wildman–Crippen MR) is 59.1 cm³/mol. The Bertz CT molecular complexity index is 190. The standard InChI is InChI=1S/C11H24N2O/c1-10(2)5-4-6-13(8-10)9-11(3,14)7-12/h14H,4-9,12H2,1-3H3. The van der Waals surface area contributed by atoms with Crippen LogP contribution < -0.4 is 5.73 Å². The van der Waals surface area contributed by atoms with Crippen LogP contribution in [0.25, 0.3) is 0 Å². The molecule has 1 fully saturated rings. The number of hydrogen-bond acceptors (Lipinski definition) is 3. The van der Waals surface area contributed by atoms with Gasteiger partial charge in [0.2, 0.25) is 0 Å². The van der Waals surface area contributed by atoms with Crippen molar-refractivity contribution in [3.05, 3.63) is 0 Å². The van der Waals surface area contributed by atoms with E-state index in [0.717, 1.165) is 13.1 Å². The fraction of sp³-hybridized carbons (Fsp3) is 1.00. The molecule has 1 saturated heterocycles. The lowest BCUT2D eigenvalue weighted by atomic mass is 9.83. The second-order valence-electron chi connectivity index (χ2n) is 5.68. The van der Waals surface area contributed by atoms with Crippen LogP contribution in [0.2, 0.25) is 0 Å². The highest BCUT2D eigenvalue weighted by Crippen LogP contribution is 2.28. The van der Waals surface area contributed by atoms with E-state index in [0.29, 0.717) is 18.5 Å². The van der Waals surface area contributed by atoms with E-state index in [1.807, 2.05) is 6.92 Å². The minimum Gasteiger partial charge on any atom is -0.388 e. The van der Waals surface area contributed by atoms with Gasteiger partial charge in [-0.1, -0.05) is 13.8 Å². The molecule has 3 N–H and O–H groups in total. The van der Waals surface area contributed by atoms with E-state index in [4.69, 9.17) is 5.73 Å². The number of piperidine rings is 1. The first-order chi connectivity index (χ1) is 6.35. The molecule has 0 bridgehead atoms. The molecule has 0 aromatic rings. The van der Waals surface area contributed by atoms with E-state index in [2.05, 4.69) is 18.7 Å². The van der Waals surface area contributed by atoms with E-state index >= 15 is 0 Å². The van der Waals surface area contributed by atoms with Crippen LogP contribution in [0.1, 0.15) is 33.6 Å². The lowest BCUT2D eigenvalue weighted by Crippen LogP contribution is -2.50. The van der Waals surface area contributed by atoms with Crippen LogP contribution in [0.3, 0.4) is 0 Å². The zero-order chi connectivity index (χ0) is 10.8. The molecule has 0 radical (unpaired) electrons. The Hall–Kier alpha value is -0.120. The number of nitrogens with two attached hydrogens (primary N) is 1. The summed E-state index contributed by atoms with van der Waals surface area (Å²) in [7, 11) is 0. The van der Waals surface area contributed by atoms with Gasteiger partial charge >= 0.3 is 0 Å². The summed E-state index contributed by atoms with van der Waals surface area (Å²) in [6, 6.07) is 0. The van der Waals surface area contributed by atoms with Gasteiger partial charge in [-0.05, 0) is 31.7 Å². The number of β-amino-alcohol motifs (C(OH)–C–C–N with tert-alkyl or cyclic N) is 1. The molecule has 3 heteroatoms. The molecule has 14 heavy (non-hydrogen) atoms. The number of nitrogens with zero attached hydrogens (tertiary/aromatic N) is 1. The van der Waals surface area contributed by atoms with Crippen LogP contribution in [0, 0.1) is 5.41 Å². The summed E-state index contributed by atoms with van der Waals surface area (Å²) in [5.41, 5.74) is 5.18. The number of likely N-dealkylation sites (tertiary alicyclic amines) is 1. The number of hydrogen-bond donors (Lipinski definition) is 2. The third-order valence-corrected chi connectivity index (χ3v) is 2.98. The van der Waals surface area contributed by atoms with Crippen molar-refractivity contribution in [2.24, 2.45) is 11.1 Å². The average Bonchev–Trinajstić information content (AvgIpc) is 2.01. The second-order valence-corrected chi connectivity index (χ2v) is 5.68. The number of rotatable bonds is 3. The fourth-order valence-electron chi connectivity index (χ4n) is 2.23. The first kappa shape index (κ1) is 12.0. The van der Waals surface area contributed by atoms with E-state index in [1.54, 1.807) is 0 Å². The molecule has 0 saturated carbocycles. The molecular weight excluding hydrogens is 176 g/mol. The molecule has 3 nitrogen and oxygen atoms in total. The minimum atomic E-state index is -0.729. The van der Waals surface area contributed by atoms with Gasteiger partial charge in [0.15, 0.2) is 0 Å². The summed E-state index contributed by atoms with van der Waals surface area (Å²) in [5, 5.41) is 9.88. The topological polar surface area (TPSA) is 49.5 Å². The summed E-state index contributed by atoms with van der Waals surface area (Å²) in [5.74, 6) is 0. The molecule has 1 rings (SSSR count). The largest absolute Gasteiger partial charge is 0.388 e. The maximum Gasteiger partial charge on any atom is 0.0867 e. The molecule has 0 spiro atoms. The van der Waals surface area contributed by atoms with Crippen molar-refractivity contribution in [3.63, 3.8) is 0 Å². The fourth-order valence-corrected chi connectivity index (χ4v) is 2.23. The molecule has 1 atom stereocenters. The van der Waals surface area contributed by atoms with Crippen molar-refractivity contribution >= 4 is 0 Å². The Morgan fingerprint density at radius 1 is 1.50 bits per heavy atom. The van der Waals surface area contributed by atoms with Gasteiger partial charge in [0.05, 0.1) is 5.60 Å². The quantitative estimate of drug-likeness (QED) is 0.709. The smallest absolute Gasteiger partial charge is 0.0867 e. The van der Waals surface area contributed by atoms with Crippen molar-refractivity contribution in [3.8, 4) is 0 Å². The highest BCUT2D eigenvalue weighted by atomic mass is 16.3. The zero-order valence-corrected chi connectivity index (χ0v) is 9.71. The molecule has 84 valence electrons. The first-order valence-corrected chi connectivity index (χ1v) is 5.49. The van der Waals surface area contributed by atoms with Crippen LogP contribution in [0.4, 0.5) is 0 Å².